The zero-order chi connectivity index (χ0) is 14.3. The minimum Gasteiger partial charge on any atom is -0.194 e. The first-order chi connectivity index (χ1) is 9.58. The smallest absolute Gasteiger partial charge is 0.194 e. The number of rotatable bonds is 1. The van der Waals surface area contributed by atoms with Crippen molar-refractivity contribution in [3.63, 3.8) is 0 Å². The van der Waals surface area contributed by atoms with Crippen molar-refractivity contribution < 1.29 is 4.57 Å². The molecule has 0 aliphatic rings. The predicted octanol–water partition coefficient (Wildman–Crippen LogP) is 4.26. The summed E-state index contributed by atoms with van der Waals surface area (Å²) in [6.45, 7) is 6.52. The van der Waals surface area contributed by atoms with Crippen LogP contribution in [0.25, 0.3) is 22.2 Å². The number of hydrogen-bond acceptors (Lipinski definition) is 0. The van der Waals surface area contributed by atoms with E-state index in [1.807, 2.05) is 0 Å². The standard InChI is InChI=1S/C19H20N/c1-13-9-10-18-17(11-13)15(3)12-19(20(18)4)16-8-6-5-7-14(16)2/h5-12H,1-4H3/q+1. The van der Waals surface area contributed by atoms with E-state index in [2.05, 4.69) is 80.9 Å². The summed E-state index contributed by atoms with van der Waals surface area (Å²) in [5.74, 6) is 0. The van der Waals surface area contributed by atoms with Gasteiger partial charge in [0.1, 0.15) is 7.05 Å². The van der Waals surface area contributed by atoms with Crippen LogP contribution in [0, 0.1) is 20.8 Å². The van der Waals surface area contributed by atoms with Crippen LogP contribution < -0.4 is 4.57 Å². The zero-order valence-electron chi connectivity index (χ0n) is 12.6. The predicted molar refractivity (Wildman–Crippen MR) is 84.8 cm³/mol. The van der Waals surface area contributed by atoms with E-state index in [1.165, 1.54) is 38.9 Å². The maximum Gasteiger partial charge on any atom is 0.213 e. The topological polar surface area (TPSA) is 3.88 Å². The van der Waals surface area contributed by atoms with Gasteiger partial charge in [-0.15, -0.1) is 0 Å². The summed E-state index contributed by atoms with van der Waals surface area (Å²) in [5.41, 5.74) is 7.82. The Balaban J connectivity index is 2.37. The molecule has 0 amide bonds. The number of pyridine rings is 1. The van der Waals surface area contributed by atoms with Gasteiger partial charge in [-0.2, -0.15) is 4.57 Å². The SMILES string of the molecule is Cc1ccc2c(c1)c(C)cc(-c1ccccc1C)[n+]2C. The van der Waals surface area contributed by atoms with Crippen LogP contribution in [0.3, 0.4) is 0 Å². The molecule has 1 heteroatoms. The van der Waals surface area contributed by atoms with E-state index in [9.17, 15) is 0 Å². The Morgan fingerprint density at radius 1 is 0.800 bits per heavy atom. The highest BCUT2D eigenvalue weighted by Gasteiger charge is 2.17. The van der Waals surface area contributed by atoms with E-state index >= 15 is 0 Å². The van der Waals surface area contributed by atoms with Crippen molar-refractivity contribution in [2.45, 2.75) is 20.8 Å². The second kappa shape index (κ2) is 4.75. The third-order valence-corrected chi connectivity index (χ3v) is 4.07. The highest BCUT2D eigenvalue weighted by atomic mass is 14.9. The number of benzene rings is 2. The maximum absolute atomic E-state index is 2.30. The molecule has 1 nitrogen and oxygen atoms in total. The fourth-order valence-electron chi connectivity index (χ4n) is 2.89. The molecule has 3 aromatic rings. The molecule has 0 aliphatic carbocycles. The van der Waals surface area contributed by atoms with Gasteiger partial charge in [0.2, 0.25) is 11.2 Å². The van der Waals surface area contributed by atoms with Crippen LogP contribution in [0.4, 0.5) is 0 Å². The molecule has 100 valence electrons. The minimum absolute atomic E-state index is 1.27. The highest BCUT2D eigenvalue weighted by Crippen LogP contribution is 2.25. The van der Waals surface area contributed by atoms with Crippen LogP contribution in [0.5, 0.6) is 0 Å². The first-order valence-electron chi connectivity index (χ1n) is 7.04. The maximum atomic E-state index is 2.30. The highest BCUT2D eigenvalue weighted by molar-refractivity contribution is 5.82. The molecule has 0 saturated carbocycles. The molecule has 0 radical (unpaired) electrons. The van der Waals surface area contributed by atoms with Crippen molar-refractivity contribution in [3.8, 4) is 11.3 Å². The minimum atomic E-state index is 1.27. The summed E-state index contributed by atoms with van der Waals surface area (Å²) in [6, 6.07) is 17.5. The van der Waals surface area contributed by atoms with Gasteiger partial charge in [-0.3, -0.25) is 0 Å². The lowest BCUT2D eigenvalue weighted by molar-refractivity contribution is -0.633. The Morgan fingerprint density at radius 2 is 1.55 bits per heavy atom. The summed E-state index contributed by atoms with van der Waals surface area (Å²) < 4.78 is 2.30. The molecule has 0 spiro atoms. The van der Waals surface area contributed by atoms with Crippen molar-refractivity contribution in [2.24, 2.45) is 7.05 Å². The van der Waals surface area contributed by atoms with Crippen molar-refractivity contribution in [1.29, 1.82) is 0 Å². The Kier molecular flexibility index (Phi) is 3.06. The first kappa shape index (κ1) is 12.9. The van der Waals surface area contributed by atoms with Gasteiger partial charge in [0.05, 0.1) is 0 Å². The van der Waals surface area contributed by atoms with Crippen molar-refractivity contribution in [3.05, 3.63) is 65.2 Å². The molecule has 0 bridgehead atoms. The van der Waals surface area contributed by atoms with Gasteiger partial charge in [-0.25, -0.2) is 0 Å². The normalized spacial score (nSPS) is 11.0. The molecule has 0 fully saturated rings. The molecule has 2 aromatic carbocycles. The molecule has 0 N–H and O–H groups in total. The van der Waals surface area contributed by atoms with Crippen molar-refractivity contribution >= 4 is 10.9 Å². The van der Waals surface area contributed by atoms with Gasteiger partial charge >= 0.3 is 0 Å². The molecule has 0 saturated heterocycles. The monoisotopic (exact) mass is 262 g/mol. The molecular formula is C19H20N+. The van der Waals surface area contributed by atoms with E-state index < -0.39 is 0 Å². The second-order valence-electron chi connectivity index (χ2n) is 5.61. The number of nitrogens with zero attached hydrogens (tertiary/aromatic N) is 1. The number of aromatic nitrogens is 1. The summed E-state index contributed by atoms with van der Waals surface area (Å²) in [4.78, 5) is 0. The van der Waals surface area contributed by atoms with Crippen molar-refractivity contribution in [1.82, 2.24) is 0 Å². The summed E-state index contributed by atoms with van der Waals surface area (Å²) in [7, 11) is 2.15. The average Bonchev–Trinajstić information content (AvgIpc) is 2.43. The molecule has 0 aliphatic heterocycles. The fraction of sp³-hybridized carbons (Fsp3) is 0.211. The Labute approximate surface area is 120 Å². The Hall–Kier alpha value is -2.15. The van der Waals surface area contributed by atoms with Crippen molar-refractivity contribution in [2.75, 3.05) is 0 Å². The van der Waals surface area contributed by atoms with E-state index in [0.717, 1.165) is 0 Å². The zero-order valence-corrected chi connectivity index (χ0v) is 12.6. The third kappa shape index (κ3) is 2.00. The summed E-state index contributed by atoms with van der Waals surface area (Å²) in [6.07, 6.45) is 0. The lowest BCUT2D eigenvalue weighted by Crippen LogP contribution is -2.32. The summed E-state index contributed by atoms with van der Waals surface area (Å²) >= 11 is 0. The lowest BCUT2D eigenvalue weighted by atomic mass is 10.0. The first-order valence-corrected chi connectivity index (χ1v) is 7.04. The van der Waals surface area contributed by atoms with E-state index in [1.54, 1.807) is 0 Å². The lowest BCUT2D eigenvalue weighted by Gasteiger charge is -2.09. The van der Waals surface area contributed by atoms with Gasteiger partial charge < -0.3 is 0 Å². The van der Waals surface area contributed by atoms with Crippen LogP contribution in [0.2, 0.25) is 0 Å². The van der Waals surface area contributed by atoms with Crippen LogP contribution in [-0.2, 0) is 7.05 Å². The van der Waals surface area contributed by atoms with Crippen LogP contribution in [0.1, 0.15) is 16.7 Å². The summed E-state index contributed by atoms with van der Waals surface area (Å²) in [5, 5.41) is 1.34. The number of aryl methyl sites for hydroxylation is 4. The third-order valence-electron chi connectivity index (χ3n) is 4.07. The Bertz CT molecular complexity index is 800. The molecule has 0 atom stereocenters. The van der Waals surface area contributed by atoms with E-state index in [-0.39, 0.29) is 0 Å². The molecule has 0 unspecified atom stereocenters. The number of fused-ring (bicyclic) bond motifs is 1. The quantitative estimate of drug-likeness (QED) is 0.577. The van der Waals surface area contributed by atoms with E-state index in [0.29, 0.717) is 0 Å². The number of hydrogen-bond donors (Lipinski definition) is 0. The van der Waals surface area contributed by atoms with Gasteiger partial charge in [0.15, 0.2) is 0 Å². The van der Waals surface area contributed by atoms with Gasteiger partial charge in [-0.05, 0) is 44.0 Å². The van der Waals surface area contributed by atoms with Gasteiger partial charge in [-0.1, -0.05) is 29.8 Å². The van der Waals surface area contributed by atoms with Crippen LogP contribution >= 0.6 is 0 Å². The van der Waals surface area contributed by atoms with Crippen LogP contribution in [-0.4, -0.2) is 0 Å². The van der Waals surface area contributed by atoms with Gasteiger partial charge in [0, 0.05) is 23.1 Å². The molecule has 3 rings (SSSR count). The molecular weight excluding hydrogens is 242 g/mol. The van der Waals surface area contributed by atoms with E-state index in [4.69, 9.17) is 0 Å². The fourth-order valence-corrected chi connectivity index (χ4v) is 2.89. The molecule has 1 aromatic heterocycles. The molecule has 20 heavy (non-hydrogen) atoms. The average molecular weight is 262 g/mol. The molecule has 1 heterocycles. The second-order valence-corrected chi connectivity index (χ2v) is 5.61. The Morgan fingerprint density at radius 3 is 2.30 bits per heavy atom. The van der Waals surface area contributed by atoms with Crippen LogP contribution in [0.15, 0.2) is 48.5 Å². The largest absolute Gasteiger partial charge is 0.213 e. The van der Waals surface area contributed by atoms with Gasteiger partial charge in [0.25, 0.3) is 0 Å².